The summed E-state index contributed by atoms with van der Waals surface area (Å²) in [4.78, 5) is 28.7. The highest BCUT2D eigenvalue weighted by atomic mass is 16.6. The molecule has 32 heavy (non-hydrogen) atoms. The first-order chi connectivity index (χ1) is 15.5. The van der Waals surface area contributed by atoms with Gasteiger partial charge in [0, 0.05) is 50.1 Å². The highest BCUT2D eigenvalue weighted by molar-refractivity contribution is 5.85. The van der Waals surface area contributed by atoms with Gasteiger partial charge in [-0.3, -0.25) is 19.8 Å². The number of hydrogen-bond acceptors (Lipinski definition) is 6. The van der Waals surface area contributed by atoms with Crippen molar-refractivity contribution in [3.8, 4) is 11.3 Å². The Hall–Kier alpha value is -3.78. The first-order valence-corrected chi connectivity index (χ1v) is 10.6. The first kappa shape index (κ1) is 21.5. The van der Waals surface area contributed by atoms with Gasteiger partial charge >= 0.3 is 0 Å². The summed E-state index contributed by atoms with van der Waals surface area (Å²) in [6.45, 7) is 2.81. The van der Waals surface area contributed by atoms with E-state index >= 15 is 0 Å². The molecule has 1 fully saturated rings. The Morgan fingerprint density at radius 2 is 1.81 bits per heavy atom. The zero-order chi connectivity index (χ0) is 22.5. The van der Waals surface area contributed by atoms with Gasteiger partial charge in [0.1, 0.15) is 5.82 Å². The van der Waals surface area contributed by atoms with E-state index in [1.165, 1.54) is 23.8 Å². The molecule has 0 bridgehead atoms. The SMILES string of the molecule is N=Cc1c(NC2CCN(Cc3ccccc3)CC2)[nH]c(-c2ccc([N+](=O)[O-])cc2)cc1=O. The maximum absolute atomic E-state index is 12.6. The highest BCUT2D eigenvalue weighted by Crippen LogP contribution is 2.23. The normalized spacial score (nSPS) is 14.8. The smallest absolute Gasteiger partial charge is 0.269 e. The lowest BCUT2D eigenvalue weighted by Crippen LogP contribution is -2.39. The monoisotopic (exact) mass is 431 g/mol. The maximum atomic E-state index is 12.6. The Balaban J connectivity index is 1.48. The molecule has 3 N–H and O–H groups in total. The molecule has 8 heteroatoms. The van der Waals surface area contributed by atoms with E-state index in [1.54, 1.807) is 12.1 Å². The Kier molecular flexibility index (Phi) is 6.42. The van der Waals surface area contributed by atoms with Crippen LogP contribution < -0.4 is 10.7 Å². The maximum Gasteiger partial charge on any atom is 0.269 e. The van der Waals surface area contributed by atoms with Gasteiger partial charge in [0.15, 0.2) is 5.43 Å². The summed E-state index contributed by atoms with van der Waals surface area (Å²) < 4.78 is 0. The fourth-order valence-electron chi connectivity index (χ4n) is 4.03. The number of aromatic nitrogens is 1. The third-order valence-corrected chi connectivity index (χ3v) is 5.79. The summed E-state index contributed by atoms with van der Waals surface area (Å²) >= 11 is 0. The Bertz CT molecular complexity index is 1150. The topological polar surface area (TPSA) is 115 Å². The number of pyridine rings is 1. The number of non-ortho nitro benzene ring substituents is 1. The molecule has 0 saturated carbocycles. The number of nitro benzene ring substituents is 1. The van der Waals surface area contributed by atoms with Crippen molar-refractivity contribution in [1.82, 2.24) is 9.88 Å². The van der Waals surface area contributed by atoms with Crippen LogP contribution in [0.1, 0.15) is 24.0 Å². The van der Waals surface area contributed by atoms with E-state index in [0.717, 1.165) is 38.7 Å². The molecule has 0 radical (unpaired) electrons. The van der Waals surface area contributed by atoms with Crippen molar-refractivity contribution in [2.75, 3.05) is 18.4 Å². The quantitative estimate of drug-likeness (QED) is 0.297. The van der Waals surface area contributed by atoms with Crippen LogP contribution in [0.2, 0.25) is 0 Å². The van der Waals surface area contributed by atoms with Gasteiger partial charge in [0.2, 0.25) is 0 Å². The molecule has 8 nitrogen and oxygen atoms in total. The lowest BCUT2D eigenvalue weighted by molar-refractivity contribution is -0.384. The van der Waals surface area contributed by atoms with Crippen LogP contribution in [0.5, 0.6) is 0 Å². The first-order valence-electron chi connectivity index (χ1n) is 10.6. The Labute approximate surface area is 185 Å². The second-order valence-corrected chi connectivity index (χ2v) is 7.96. The van der Waals surface area contributed by atoms with Crippen LogP contribution in [-0.2, 0) is 6.54 Å². The van der Waals surface area contributed by atoms with Gasteiger partial charge in [0.05, 0.1) is 16.2 Å². The molecule has 0 unspecified atom stereocenters. The zero-order valence-electron chi connectivity index (χ0n) is 17.6. The van der Waals surface area contributed by atoms with Crippen molar-refractivity contribution in [3.63, 3.8) is 0 Å². The summed E-state index contributed by atoms with van der Waals surface area (Å²) in [5, 5.41) is 22.0. The fraction of sp³-hybridized carbons (Fsp3) is 0.250. The number of aromatic amines is 1. The number of nitrogens with one attached hydrogen (secondary N) is 3. The van der Waals surface area contributed by atoms with Gasteiger partial charge in [0.25, 0.3) is 5.69 Å². The standard InChI is InChI=1S/C24H25N5O3/c25-15-21-23(30)14-22(18-6-8-20(9-7-18)29(31)32)27-24(21)26-19-10-12-28(13-11-19)16-17-4-2-1-3-5-17/h1-9,14-15,19,25H,10-13,16H2,(H2,26,27,30). The van der Waals surface area contributed by atoms with Crippen LogP contribution in [0, 0.1) is 15.5 Å². The van der Waals surface area contributed by atoms with Crippen molar-refractivity contribution in [2.45, 2.75) is 25.4 Å². The number of nitro groups is 1. The van der Waals surface area contributed by atoms with Crippen LogP contribution in [0.25, 0.3) is 11.3 Å². The number of nitrogens with zero attached hydrogens (tertiary/aromatic N) is 2. The van der Waals surface area contributed by atoms with Gasteiger partial charge in [-0.25, -0.2) is 0 Å². The van der Waals surface area contributed by atoms with Crippen molar-refractivity contribution in [1.29, 1.82) is 5.41 Å². The number of H-pyrrole nitrogens is 1. The average Bonchev–Trinajstić information content (AvgIpc) is 2.81. The molecule has 1 aromatic heterocycles. The summed E-state index contributed by atoms with van der Waals surface area (Å²) in [7, 11) is 0. The van der Waals surface area contributed by atoms with E-state index in [9.17, 15) is 14.9 Å². The van der Waals surface area contributed by atoms with Gasteiger partial charge in [-0.05, 0) is 36.1 Å². The minimum Gasteiger partial charge on any atom is -0.368 e. The van der Waals surface area contributed by atoms with Gasteiger partial charge in [-0.1, -0.05) is 30.3 Å². The molecule has 0 aliphatic carbocycles. The molecule has 164 valence electrons. The molecular weight excluding hydrogens is 406 g/mol. The van der Waals surface area contributed by atoms with Gasteiger partial charge < -0.3 is 15.7 Å². The molecule has 3 aromatic rings. The largest absolute Gasteiger partial charge is 0.368 e. The molecule has 0 atom stereocenters. The predicted molar refractivity (Wildman–Crippen MR) is 125 cm³/mol. The van der Waals surface area contributed by atoms with Crippen LogP contribution in [0.4, 0.5) is 11.5 Å². The van der Waals surface area contributed by atoms with Gasteiger partial charge in [-0.2, -0.15) is 0 Å². The molecule has 4 rings (SSSR count). The molecule has 0 spiro atoms. The van der Waals surface area contributed by atoms with E-state index in [4.69, 9.17) is 5.41 Å². The summed E-state index contributed by atoms with van der Waals surface area (Å²) in [5.41, 5.74) is 2.53. The minimum absolute atomic E-state index is 0.00665. The lowest BCUT2D eigenvalue weighted by Gasteiger charge is -2.33. The van der Waals surface area contributed by atoms with Crippen LogP contribution >= 0.6 is 0 Å². The molecule has 0 amide bonds. The molecular formula is C24H25N5O3. The molecule has 1 aliphatic heterocycles. The molecule has 2 heterocycles. The number of hydrogen-bond donors (Lipinski definition) is 3. The molecule has 1 saturated heterocycles. The zero-order valence-corrected chi connectivity index (χ0v) is 17.6. The number of likely N-dealkylation sites (tertiary alicyclic amines) is 1. The third-order valence-electron chi connectivity index (χ3n) is 5.79. The molecule has 2 aromatic carbocycles. The second-order valence-electron chi connectivity index (χ2n) is 7.96. The Morgan fingerprint density at radius 3 is 2.44 bits per heavy atom. The summed E-state index contributed by atoms with van der Waals surface area (Å²) in [6.07, 6.45) is 2.91. The summed E-state index contributed by atoms with van der Waals surface area (Å²) in [6, 6.07) is 18.0. The van der Waals surface area contributed by atoms with Crippen molar-refractivity contribution in [2.24, 2.45) is 0 Å². The van der Waals surface area contributed by atoms with Crippen molar-refractivity contribution in [3.05, 3.63) is 92.1 Å². The van der Waals surface area contributed by atoms with Crippen molar-refractivity contribution < 1.29 is 4.92 Å². The number of piperidine rings is 1. The lowest BCUT2D eigenvalue weighted by atomic mass is 10.0. The highest BCUT2D eigenvalue weighted by Gasteiger charge is 2.21. The predicted octanol–water partition coefficient (Wildman–Crippen LogP) is 4.02. The number of benzene rings is 2. The van der Waals surface area contributed by atoms with E-state index in [-0.39, 0.29) is 22.7 Å². The van der Waals surface area contributed by atoms with E-state index in [1.807, 2.05) is 6.07 Å². The van der Waals surface area contributed by atoms with Crippen LogP contribution in [0.3, 0.4) is 0 Å². The Morgan fingerprint density at radius 1 is 1.12 bits per heavy atom. The van der Waals surface area contributed by atoms with Crippen LogP contribution in [0.15, 0.2) is 65.5 Å². The van der Waals surface area contributed by atoms with Crippen LogP contribution in [-0.4, -0.2) is 40.2 Å². The molecule has 1 aliphatic rings. The second kappa shape index (κ2) is 9.57. The number of anilines is 1. The van der Waals surface area contributed by atoms with Crippen molar-refractivity contribution >= 4 is 17.7 Å². The van der Waals surface area contributed by atoms with E-state index < -0.39 is 4.92 Å². The van der Waals surface area contributed by atoms with E-state index in [2.05, 4.69) is 39.5 Å². The average molecular weight is 431 g/mol. The van der Waals surface area contributed by atoms with E-state index in [0.29, 0.717) is 17.1 Å². The minimum atomic E-state index is -0.457. The number of rotatable bonds is 7. The third kappa shape index (κ3) is 4.92. The van der Waals surface area contributed by atoms with Gasteiger partial charge in [-0.15, -0.1) is 0 Å². The summed E-state index contributed by atoms with van der Waals surface area (Å²) in [5.74, 6) is 0.516. The fourth-order valence-corrected chi connectivity index (χ4v) is 4.03.